The fourth-order valence-corrected chi connectivity index (χ4v) is 4.29. The van der Waals surface area contributed by atoms with Crippen molar-refractivity contribution in [1.82, 2.24) is 4.98 Å². The maximum atomic E-state index is 6.30. The third-order valence-corrected chi connectivity index (χ3v) is 5.57. The van der Waals surface area contributed by atoms with E-state index in [0.717, 1.165) is 18.0 Å². The molecule has 0 radical (unpaired) electrons. The van der Waals surface area contributed by atoms with E-state index in [0.29, 0.717) is 5.92 Å². The molecule has 0 aliphatic heterocycles. The average Bonchev–Trinajstić information content (AvgIpc) is 2.97. The molecule has 1 fully saturated rings. The quantitative estimate of drug-likeness (QED) is 0.890. The van der Waals surface area contributed by atoms with Crippen LogP contribution in [0.4, 0.5) is 0 Å². The summed E-state index contributed by atoms with van der Waals surface area (Å²) in [4.78, 5) is 4.87. The topological polar surface area (TPSA) is 38.9 Å². The zero-order chi connectivity index (χ0) is 14.7. The zero-order valence-electron chi connectivity index (χ0n) is 12.7. The van der Waals surface area contributed by atoms with E-state index in [9.17, 15) is 0 Å². The van der Waals surface area contributed by atoms with E-state index in [-0.39, 0.29) is 6.04 Å². The first-order chi connectivity index (χ1) is 10.2. The lowest BCUT2D eigenvalue weighted by Gasteiger charge is -2.24. The number of aromatic nitrogens is 1. The molecule has 3 heteroatoms. The molecule has 21 heavy (non-hydrogen) atoms. The lowest BCUT2D eigenvalue weighted by Crippen LogP contribution is -2.14. The molecule has 1 aromatic heterocycles. The molecule has 3 atom stereocenters. The van der Waals surface area contributed by atoms with E-state index in [4.69, 9.17) is 10.7 Å². The van der Waals surface area contributed by atoms with E-state index in [1.807, 2.05) is 29.5 Å². The summed E-state index contributed by atoms with van der Waals surface area (Å²) >= 11 is 1.83. The van der Waals surface area contributed by atoms with Gasteiger partial charge in [-0.05, 0) is 24.3 Å². The molecular weight excluding hydrogens is 276 g/mol. The summed E-state index contributed by atoms with van der Waals surface area (Å²) in [5.74, 6) is 1.53. The van der Waals surface area contributed by atoms with Crippen LogP contribution in [0.3, 0.4) is 0 Å². The Labute approximate surface area is 131 Å². The van der Waals surface area contributed by atoms with E-state index in [1.165, 1.54) is 36.3 Å². The van der Waals surface area contributed by atoms with Crippen LogP contribution in [0.25, 0.3) is 0 Å². The molecule has 2 nitrogen and oxygen atoms in total. The summed E-state index contributed by atoms with van der Waals surface area (Å²) < 4.78 is 0. The minimum atomic E-state index is 0.0476. The first-order valence-corrected chi connectivity index (χ1v) is 8.85. The van der Waals surface area contributed by atoms with Gasteiger partial charge in [0.25, 0.3) is 0 Å². The Morgan fingerprint density at radius 2 is 2.10 bits per heavy atom. The van der Waals surface area contributed by atoms with Crippen molar-refractivity contribution in [3.05, 3.63) is 52.0 Å². The summed E-state index contributed by atoms with van der Waals surface area (Å²) in [6.07, 6.45) is 6.18. The van der Waals surface area contributed by atoms with Gasteiger partial charge in [-0.15, -0.1) is 11.3 Å². The summed E-state index contributed by atoms with van der Waals surface area (Å²) in [5.41, 5.74) is 8.65. The van der Waals surface area contributed by atoms with Gasteiger partial charge in [0.05, 0.1) is 10.7 Å². The van der Waals surface area contributed by atoms with Crippen molar-refractivity contribution in [1.29, 1.82) is 0 Å². The van der Waals surface area contributed by atoms with Crippen molar-refractivity contribution in [2.45, 2.75) is 51.0 Å². The molecule has 0 amide bonds. The molecule has 0 bridgehead atoms. The second-order valence-electron chi connectivity index (χ2n) is 6.37. The van der Waals surface area contributed by atoms with Gasteiger partial charge in [0.15, 0.2) is 0 Å². The highest BCUT2D eigenvalue weighted by molar-refractivity contribution is 7.09. The van der Waals surface area contributed by atoms with Gasteiger partial charge in [0, 0.05) is 23.8 Å². The van der Waals surface area contributed by atoms with Gasteiger partial charge in [-0.1, -0.05) is 50.1 Å². The van der Waals surface area contributed by atoms with Crippen LogP contribution in [-0.4, -0.2) is 4.98 Å². The number of nitrogens with two attached hydrogens (primary N) is 1. The maximum absolute atomic E-state index is 6.30. The summed E-state index contributed by atoms with van der Waals surface area (Å²) in [7, 11) is 0. The molecule has 1 aromatic carbocycles. The first kappa shape index (κ1) is 14.7. The average molecular weight is 300 g/mol. The molecular formula is C18H24N2S. The van der Waals surface area contributed by atoms with E-state index in [2.05, 4.69) is 24.4 Å². The fraction of sp³-hybridized carbons (Fsp3) is 0.500. The Kier molecular flexibility index (Phi) is 4.71. The van der Waals surface area contributed by atoms with Crippen LogP contribution in [0.5, 0.6) is 0 Å². The van der Waals surface area contributed by atoms with Crippen molar-refractivity contribution in [2.75, 3.05) is 0 Å². The van der Waals surface area contributed by atoms with Gasteiger partial charge >= 0.3 is 0 Å². The third kappa shape index (κ3) is 3.72. The van der Waals surface area contributed by atoms with Crippen LogP contribution >= 0.6 is 11.3 Å². The van der Waals surface area contributed by atoms with E-state index < -0.39 is 0 Å². The van der Waals surface area contributed by atoms with Crippen molar-refractivity contribution in [3.8, 4) is 0 Å². The predicted molar refractivity (Wildman–Crippen MR) is 89.6 cm³/mol. The molecule has 112 valence electrons. The van der Waals surface area contributed by atoms with Gasteiger partial charge in [0.1, 0.15) is 0 Å². The van der Waals surface area contributed by atoms with E-state index >= 15 is 0 Å². The highest BCUT2D eigenvalue weighted by atomic mass is 32.1. The molecule has 1 aliphatic carbocycles. The van der Waals surface area contributed by atoms with Crippen LogP contribution in [0.1, 0.15) is 60.8 Å². The lowest BCUT2D eigenvalue weighted by atomic mass is 9.83. The summed E-state index contributed by atoms with van der Waals surface area (Å²) in [6, 6.07) is 10.4. The first-order valence-electron chi connectivity index (χ1n) is 7.97. The van der Waals surface area contributed by atoms with Gasteiger partial charge < -0.3 is 5.73 Å². The van der Waals surface area contributed by atoms with Crippen LogP contribution in [-0.2, 0) is 6.42 Å². The van der Waals surface area contributed by atoms with Crippen molar-refractivity contribution in [3.63, 3.8) is 0 Å². The normalized spacial score (nSPS) is 23.9. The highest BCUT2D eigenvalue weighted by Gasteiger charge is 2.23. The Morgan fingerprint density at radius 3 is 2.86 bits per heavy atom. The van der Waals surface area contributed by atoms with Gasteiger partial charge in [-0.2, -0.15) is 0 Å². The molecule has 3 unspecified atom stereocenters. The Hall–Kier alpha value is -1.19. The molecule has 1 saturated carbocycles. The smallest absolute Gasteiger partial charge is 0.0959 e. The van der Waals surface area contributed by atoms with Crippen LogP contribution < -0.4 is 5.73 Å². The largest absolute Gasteiger partial charge is 0.324 e. The maximum Gasteiger partial charge on any atom is 0.0959 e. The highest BCUT2D eigenvalue weighted by Crippen LogP contribution is 2.37. The number of rotatable bonds is 4. The minimum Gasteiger partial charge on any atom is -0.324 e. The van der Waals surface area contributed by atoms with Gasteiger partial charge in [-0.3, -0.25) is 0 Å². The minimum absolute atomic E-state index is 0.0476. The number of benzene rings is 1. The fourth-order valence-electron chi connectivity index (χ4n) is 3.31. The van der Waals surface area contributed by atoms with Crippen LogP contribution in [0, 0.1) is 5.92 Å². The molecule has 1 aliphatic rings. The third-order valence-electron chi connectivity index (χ3n) is 4.51. The molecule has 0 saturated heterocycles. The molecule has 2 aromatic rings. The standard InChI is InChI=1S/C18H24N2S/c1-13-6-5-9-15(10-13)18-20-16(12-21-18)11-17(19)14-7-3-2-4-8-14/h2-4,7-8,12-13,15,17H,5-6,9-11,19H2,1H3. The number of hydrogen-bond acceptors (Lipinski definition) is 3. The second-order valence-corrected chi connectivity index (χ2v) is 7.26. The lowest BCUT2D eigenvalue weighted by molar-refractivity contribution is 0.343. The molecule has 0 spiro atoms. The molecule has 3 rings (SSSR count). The second kappa shape index (κ2) is 6.71. The Morgan fingerprint density at radius 1 is 1.29 bits per heavy atom. The van der Waals surface area contributed by atoms with Gasteiger partial charge in [-0.25, -0.2) is 4.98 Å². The van der Waals surface area contributed by atoms with Crippen molar-refractivity contribution < 1.29 is 0 Å². The Bertz CT molecular complexity index is 564. The van der Waals surface area contributed by atoms with Crippen LogP contribution in [0.2, 0.25) is 0 Å². The Balaban J connectivity index is 1.65. The summed E-state index contributed by atoms with van der Waals surface area (Å²) in [5, 5.41) is 3.54. The summed E-state index contributed by atoms with van der Waals surface area (Å²) in [6.45, 7) is 2.37. The predicted octanol–water partition coefficient (Wildman–Crippen LogP) is 4.68. The van der Waals surface area contributed by atoms with E-state index in [1.54, 1.807) is 0 Å². The number of nitrogens with zero attached hydrogens (tertiary/aromatic N) is 1. The molecule has 1 heterocycles. The zero-order valence-corrected chi connectivity index (χ0v) is 13.5. The van der Waals surface area contributed by atoms with Crippen LogP contribution in [0.15, 0.2) is 35.7 Å². The molecule has 2 N–H and O–H groups in total. The monoisotopic (exact) mass is 300 g/mol. The van der Waals surface area contributed by atoms with Crippen molar-refractivity contribution in [2.24, 2.45) is 11.7 Å². The number of thiazole rings is 1. The van der Waals surface area contributed by atoms with Crippen molar-refractivity contribution >= 4 is 11.3 Å². The van der Waals surface area contributed by atoms with Gasteiger partial charge in [0.2, 0.25) is 0 Å². The number of hydrogen-bond donors (Lipinski definition) is 1. The SMILES string of the molecule is CC1CCCC(c2nc(CC(N)c3ccccc3)cs2)C1.